The van der Waals surface area contributed by atoms with Gasteiger partial charge in [0.15, 0.2) is 11.5 Å². The van der Waals surface area contributed by atoms with Crippen molar-refractivity contribution in [2.75, 3.05) is 47.5 Å². The van der Waals surface area contributed by atoms with Crippen LogP contribution in [0.25, 0.3) is 0 Å². The monoisotopic (exact) mass is 436 g/mol. The van der Waals surface area contributed by atoms with E-state index in [0.717, 1.165) is 13.0 Å². The molecule has 1 aromatic heterocycles. The van der Waals surface area contributed by atoms with E-state index in [9.17, 15) is 9.59 Å². The van der Waals surface area contributed by atoms with E-state index in [-0.39, 0.29) is 16.7 Å². The summed E-state index contributed by atoms with van der Waals surface area (Å²) in [6.07, 6.45) is 0.807. The minimum absolute atomic E-state index is 0.145. The first-order valence-electron chi connectivity index (χ1n) is 9.57. The molecule has 0 saturated carbocycles. The summed E-state index contributed by atoms with van der Waals surface area (Å²) in [6, 6.07) is 6.71. The van der Waals surface area contributed by atoms with Crippen LogP contribution >= 0.6 is 11.6 Å². The van der Waals surface area contributed by atoms with Crippen LogP contribution in [-0.2, 0) is 11.3 Å². The van der Waals surface area contributed by atoms with Gasteiger partial charge >= 0.3 is 5.97 Å². The molecule has 1 saturated heterocycles. The van der Waals surface area contributed by atoms with Crippen LogP contribution < -0.4 is 9.47 Å². The number of hydrogen-bond acceptors (Lipinski definition) is 7. The van der Waals surface area contributed by atoms with E-state index in [4.69, 9.17) is 25.5 Å². The Kier molecular flexibility index (Phi) is 7.23. The van der Waals surface area contributed by atoms with Crippen molar-refractivity contribution in [3.63, 3.8) is 0 Å². The summed E-state index contributed by atoms with van der Waals surface area (Å²) in [6.45, 7) is 3.19. The van der Waals surface area contributed by atoms with Crippen molar-refractivity contribution in [2.24, 2.45) is 0 Å². The van der Waals surface area contributed by atoms with Crippen molar-refractivity contribution in [1.29, 1.82) is 0 Å². The maximum Gasteiger partial charge on any atom is 0.373 e. The number of rotatable bonds is 6. The summed E-state index contributed by atoms with van der Waals surface area (Å²) >= 11 is 6.41. The number of hydrogen-bond donors (Lipinski definition) is 0. The number of esters is 1. The van der Waals surface area contributed by atoms with Crippen molar-refractivity contribution in [3.8, 4) is 11.5 Å². The quantitative estimate of drug-likeness (QED) is 0.643. The lowest BCUT2D eigenvalue weighted by atomic mass is 10.1. The van der Waals surface area contributed by atoms with E-state index in [2.05, 4.69) is 9.64 Å². The lowest BCUT2D eigenvalue weighted by Gasteiger charge is -2.22. The average Bonchev–Trinajstić information content (AvgIpc) is 3.10. The summed E-state index contributed by atoms with van der Waals surface area (Å²) < 4.78 is 20.7. The summed E-state index contributed by atoms with van der Waals surface area (Å²) in [5, 5.41) is 0.244. The molecule has 3 rings (SSSR count). The largest absolute Gasteiger partial charge is 0.493 e. The molecule has 0 N–H and O–H groups in total. The van der Waals surface area contributed by atoms with Gasteiger partial charge in [-0.3, -0.25) is 9.69 Å². The second-order valence-electron chi connectivity index (χ2n) is 6.84. The molecule has 1 fully saturated rings. The SMILES string of the molecule is COC(=O)c1ccc(CN2CCCN(C(=O)c3ccc(OC)c(OC)c3Cl)CC2)o1. The van der Waals surface area contributed by atoms with E-state index in [1.165, 1.54) is 21.3 Å². The maximum absolute atomic E-state index is 13.1. The Morgan fingerprint density at radius 1 is 1.03 bits per heavy atom. The van der Waals surface area contributed by atoms with Gasteiger partial charge in [0.25, 0.3) is 5.91 Å². The zero-order valence-electron chi connectivity index (χ0n) is 17.3. The molecule has 1 amide bonds. The number of carbonyl (C=O) groups is 2. The van der Waals surface area contributed by atoms with Crippen molar-refractivity contribution in [2.45, 2.75) is 13.0 Å². The predicted octanol–water partition coefficient (Wildman–Crippen LogP) is 3.08. The average molecular weight is 437 g/mol. The molecular formula is C21H25ClN2O6. The standard InChI is InChI=1S/C21H25ClN2O6/c1-27-16-8-6-15(18(22)19(16)28-2)20(25)24-10-4-9-23(11-12-24)13-14-5-7-17(30-14)21(26)29-3/h5-8H,4,9-13H2,1-3H3. The highest BCUT2D eigenvalue weighted by Gasteiger charge is 2.25. The second-order valence-corrected chi connectivity index (χ2v) is 7.22. The Balaban J connectivity index is 1.66. The van der Waals surface area contributed by atoms with Gasteiger partial charge in [0.1, 0.15) is 5.76 Å². The Morgan fingerprint density at radius 3 is 2.53 bits per heavy atom. The fourth-order valence-corrected chi connectivity index (χ4v) is 3.76. The second kappa shape index (κ2) is 9.86. The Labute approximate surface area is 180 Å². The van der Waals surface area contributed by atoms with Crippen LogP contribution in [0.3, 0.4) is 0 Å². The summed E-state index contributed by atoms with van der Waals surface area (Å²) in [5.41, 5.74) is 0.386. The molecule has 0 spiro atoms. The number of halogens is 1. The van der Waals surface area contributed by atoms with Crippen molar-refractivity contribution in [1.82, 2.24) is 9.80 Å². The first-order valence-corrected chi connectivity index (χ1v) is 9.95. The zero-order valence-corrected chi connectivity index (χ0v) is 18.0. The zero-order chi connectivity index (χ0) is 21.7. The van der Waals surface area contributed by atoms with Crippen molar-refractivity contribution in [3.05, 3.63) is 46.4 Å². The predicted molar refractivity (Wildman–Crippen MR) is 110 cm³/mol. The molecule has 0 unspecified atom stereocenters. The number of methoxy groups -OCH3 is 3. The van der Waals surface area contributed by atoms with E-state index in [0.29, 0.717) is 49.0 Å². The van der Waals surface area contributed by atoms with Gasteiger partial charge in [-0.1, -0.05) is 11.6 Å². The minimum atomic E-state index is -0.499. The van der Waals surface area contributed by atoms with Crippen LogP contribution in [0.2, 0.25) is 5.02 Å². The van der Waals surface area contributed by atoms with E-state index in [1.54, 1.807) is 29.2 Å². The molecule has 162 valence electrons. The van der Waals surface area contributed by atoms with Gasteiger partial charge in [0.05, 0.1) is 38.5 Å². The Bertz CT molecular complexity index is 913. The lowest BCUT2D eigenvalue weighted by molar-refractivity contribution is 0.0560. The number of ether oxygens (including phenoxy) is 3. The smallest absolute Gasteiger partial charge is 0.373 e. The third-order valence-electron chi connectivity index (χ3n) is 5.02. The number of amides is 1. The molecule has 8 nitrogen and oxygen atoms in total. The molecule has 2 aromatic rings. The lowest BCUT2D eigenvalue weighted by Crippen LogP contribution is -2.35. The highest BCUT2D eigenvalue weighted by atomic mass is 35.5. The third-order valence-corrected chi connectivity index (χ3v) is 5.39. The molecule has 2 heterocycles. The summed E-state index contributed by atoms with van der Waals surface area (Å²) in [7, 11) is 4.32. The molecule has 0 radical (unpaired) electrons. The number of benzene rings is 1. The number of carbonyl (C=O) groups excluding carboxylic acids is 2. The molecule has 1 aliphatic rings. The van der Waals surface area contributed by atoms with Gasteiger partial charge in [0, 0.05) is 26.2 Å². The fraction of sp³-hybridized carbons (Fsp3) is 0.429. The van der Waals surface area contributed by atoms with Crippen LogP contribution in [0.4, 0.5) is 0 Å². The molecule has 1 aromatic carbocycles. The maximum atomic E-state index is 13.1. The Morgan fingerprint density at radius 2 is 1.83 bits per heavy atom. The molecular weight excluding hydrogens is 412 g/mol. The molecule has 1 aliphatic heterocycles. The molecule has 0 atom stereocenters. The van der Waals surface area contributed by atoms with Crippen molar-refractivity contribution < 1.29 is 28.2 Å². The number of nitrogens with zero attached hydrogens (tertiary/aromatic N) is 2. The minimum Gasteiger partial charge on any atom is -0.493 e. The van der Waals surface area contributed by atoms with Crippen LogP contribution in [0.1, 0.15) is 33.1 Å². The fourth-order valence-electron chi connectivity index (χ4n) is 3.45. The van der Waals surface area contributed by atoms with Gasteiger partial charge < -0.3 is 23.5 Å². The first kappa shape index (κ1) is 22.0. The third kappa shape index (κ3) is 4.71. The number of furan rings is 1. The van der Waals surface area contributed by atoms with Crippen LogP contribution in [0.15, 0.2) is 28.7 Å². The summed E-state index contributed by atoms with van der Waals surface area (Å²) in [5.74, 6) is 1.04. The molecule has 30 heavy (non-hydrogen) atoms. The highest BCUT2D eigenvalue weighted by Crippen LogP contribution is 2.37. The van der Waals surface area contributed by atoms with Crippen LogP contribution in [-0.4, -0.2) is 69.2 Å². The van der Waals surface area contributed by atoms with E-state index >= 15 is 0 Å². The topological polar surface area (TPSA) is 81.5 Å². The highest BCUT2D eigenvalue weighted by molar-refractivity contribution is 6.35. The molecule has 0 aliphatic carbocycles. The molecule has 9 heteroatoms. The van der Waals surface area contributed by atoms with Gasteiger partial charge in [-0.05, 0) is 30.7 Å². The normalized spacial score (nSPS) is 14.9. The molecule has 0 bridgehead atoms. The van der Waals surface area contributed by atoms with Gasteiger partial charge in [-0.25, -0.2) is 4.79 Å². The van der Waals surface area contributed by atoms with E-state index in [1.807, 2.05) is 0 Å². The summed E-state index contributed by atoms with van der Waals surface area (Å²) in [4.78, 5) is 28.6. The van der Waals surface area contributed by atoms with E-state index < -0.39 is 5.97 Å². The van der Waals surface area contributed by atoms with Crippen LogP contribution in [0.5, 0.6) is 11.5 Å². The van der Waals surface area contributed by atoms with Gasteiger partial charge in [-0.2, -0.15) is 0 Å². The van der Waals surface area contributed by atoms with Gasteiger partial charge in [0.2, 0.25) is 5.76 Å². The van der Waals surface area contributed by atoms with Gasteiger partial charge in [-0.15, -0.1) is 0 Å². The van der Waals surface area contributed by atoms with Crippen LogP contribution in [0, 0.1) is 0 Å². The first-order chi connectivity index (χ1) is 14.5. The Hall–Kier alpha value is -2.71. The van der Waals surface area contributed by atoms with Crippen molar-refractivity contribution >= 4 is 23.5 Å².